The Hall–Kier alpha value is -1.01. The summed E-state index contributed by atoms with van der Waals surface area (Å²) in [5, 5.41) is 6.08. The van der Waals surface area contributed by atoms with Crippen molar-refractivity contribution in [2.45, 2.75) is 29.2 Å². The van der Waals surface area contributed by atoms with Crippen LogP contribution in [0.4, 0.5) is 0 Å². The number of carbonyl (C=O) groups is 1. The molecule has 1 aliphatic heterocycles. The maximum absolute atomic E-state index is 12.2. The highest BCUT2D eigenvalue weighted by molar-refractivity contribution is 7.80. The molecule has 1 aromatic carbocycles. The van der Waals surface area contributed by atoms with Gasteiger partial charge in [-0.15, -0.1) is 0 Å². The first-order chi connectivity index (χ1) is 11.9. The Morgan fingerprint density at radius 3 is 2.36 bits per heavy atom. The van der Waals surface area contributed by atoms with E-state index in [0.717, 1.165) is 31.5 Å². The molecule has 1 heterocycles. The van der Waals surface area contributed by atoms with E-state index in [4.69, 9.17) is 47.0 Å². The van der Waals surface area contributed by atoms with Gasteiger partial charge in [-0.2, -0.15) is 0 Å². The summed E-state index contributed by atoms with van der Waals surface area (Å²) >= 11 is 23.4. The Morgan fingerprint density at radius 2 is 1.76 bits per heavy atom. The third-order valence-electron chi connectivity index (χ3n) is 3.75. The molecule has 1 saturated heterocycles. The Labute approximate surface area is 168 Å². The van der Waals surface area contributed by atoms with Crippen molar-refractivity contribution in [1.82, 2.24) is 15.5 Å². The van der Waals surface area contributed by atoms with E-state index in [1.165, 1.54) is 12.5 Å². The topological polar surface area (TPSA) is 44.4 Å². The van der Waals surface area contributed by atoms with E-state index in [-0.39, 0.29) is 5.91 Å². The van der Waals surface area contributed by atoms with Crippen molar-refractivity contribution in [3.05, 3.63) is 42.0 Å². The van der Waals surface area contributed by atoms with Crippen LogP contribution in [0, 0.1) is 0 Å². The average Bonchev–Trinajstić information content (AvgIpc) is 2.60. The fourth-order valence-electron chi connectivity index (χ4n) is 2.44. The number of carbonyl (C=O) groups excluding carboxylic acids is 1. The standard InChI is InChI=1S/C17H20Cl3N3OS/c18-17(19,20)15(22-16(25)23-11-5-2-6-12-23)21-14(24)10-9-13-7-3-1-4-8-13/h1,3-4,7-10,15H,2,5-6,11-12H2,(H,21,24)(H,22,25)/b10-9+. The number of piperidine rings is 1. The number of alkyl halides is 3. The number of rotatable bonds is 4. The second-order valence-electron chi connectivity index (χ2n) is 5.72. The van der Waals surface area contributed by atoms with Crippen LogP contribution in [0.3, 0.4) is 0 Å². The smallest absolute Gasteiger partial charge is 0.245 e. The van der Waals surface area contributed by atoms with E-state index in [9.17, 15) is 4.79 Å². The summed E-state index contributed by atoms with van der Waals surface area (Å²) in [5.74, 6) is -0.380. The van der Waals surface area contributed by atoms with Gasteiger partial charge in [0, 0.05) is 19.2 Å². The average molecular weight is 421 g/mol. The Balaban J connectivity index is 1.96. The predicted molar refractivity (Wildman–Crippen MR) is 109 cm³/mol. The summed E-state index contributed by atoms with van der Waals surface area (Å²) in [6.07, 6.45) is 5.49. The fourth-order valence-corrected chi connectivity index (χ4v) is 3.07. The maximum Gasteiger partial charge on any atom is 0.245 e. The molecule has 1 aliphatic rings. The van der Waals surface area contributed by atoms with Gasteiger partial charge in [-0.05, 0) is 43.1 Å². The summed E-state index contributed by atoms with van der Waals surface area (Å²) in [4.78, 5) is 14.2. The number of hydrogen-bond acceptors (Lipinski definition) is 2. The lowest BCUT2D eigenvalue weighted by atomic mass is 10.1. The second kappa shape index (κ2) is 9.62. The van der Waals surface area contributed by atoms with Crippen molar-refractivity contribution in [3.8, 4) is 0 Å². The molecule has 136 valence electrons. The molecule has 1 unspecified atom stereocenters. The Kier molecular flexibility index (Phi) is 7.81. The van der Waals surface area contributed by atoms with Gasteiger partial charge in [0.2, 0.25) is 9.70 Å². The van der Waals surface area contributed by atoms with Crippen LogP contribution < -0.4 is 10.6 Å². The second-order valence-corrected chi connectivity index (χ2v) is 8.48. The van der Waals surface area contributed by atoms with E-state index < -0.39 is 9.96 Å². The van der Waals surface area contributed by atoms with Gasteiger partial charge in [0.25, 0.3) is 0 Å². The van der Waals surface area contributed by atoms with Crippen LogP contribution >= 0.6 is 47.0 Å². The molecule has 0 aromatic heterocycles. The van der Waals surface area contributed by atoms with Gasteiger partial charge in [0.1, 0.15) is 6.17 Å². The first-order valence-corrected chi connectivity index (χ1v) is 9.56. The Bertz CT molecular complexity index is 613. The van der Waals surface area contributed by atoms with Gasteiger partial charge in [0.15, 0.2) is 5.11 Å². The number of thiocarbonyl (C=S) groups is 1. The SMILES string of the molecule is O=C(/C=C/c1ccccc1)NC(NC(=S)N1CCCCC1)C(Cl)(Cl)Cl. The lowest BCUT2D eigenvalue weighted by Gasteiger charge is -2.34. The van der Waals surface area contributed by atoms with Crippen molar-refractivity contribution >= 4 is 64.1 Å². The number of hydrogen-bond donors (Lipinski definition) is 2. The van der Waals surface area contributed by atoms with Crippen LogP contribution in [0.5, 0.6) is 0 Å². The molecule has 1 aromatic rings. The summed E-state index contributed by atoms with van der Waals surface area (Å²) in [6, 6.07) is 9.46. The normalized spacial score (nSPS) is 16.5. The molecular formula is C17H20Cl3N3OS. The first-order valence-electron chi connectivity index (χ1n) is 8.02. The van der Waals surface area contributed by atoms with Crippen molar-refractivity contribution in [2.75, 3.05) is 13.1 Å². The van der Waals surface area contributed by atoms with E-state index in [1.807, 2.05) is 35.2 Å². The summed E-state index contributed by atoms with van der Waals surface area (Å²) in [7, 11) is 0. The minimum atomic E-state index is -1.74. The van der Waals surface area contributed by atoms with E-state index in [0.29, 0.717) is 5.11 Å². The zero-order chi connectivity index (χ0) is 18.3. The molecule has 1 atom stereocenters. The molecule has 2 N–H and O–H groups in total. The molecule has 0 bridgehead atoms. The molecular weight excluding hydrogens is 401 g/mol. The first kappa shape index (κ1) is 20.3. The van der Waals surface area contributed by atoms with Gasteiger partial charge in [-0.3, -0.25) is 4.79 Å². The molecule has 0 spiro atoms. The van der Waals surface area contributed by atoms with Crippen molar-refractivity contribution in [3.63, 3.8) is 0 Å². The lowest BCUT2D eigenvalue weighted by molar-refractivity contribution is -0.117. The van der Waals surface area contributed by atoms with Crippen molar-refractivity contribution in [1.29, 1.82) is 0 Å². The van der Waals surface area contributed by atoms with Gasteiger partial charge >= 0.3 is 0 Å². The summed E-state index contributed by atoms with van der Waals surface area (Å²) in [5.41, 5.74) is 0.903. The summed E-state index contributed by atoms with van der Waals surface area (Å²) in [6.45, 7) is 1.72. The highest BCUT2D eigenvalue weighted by atomic mass is 35.6. The largest absolute Gasteiger partial charge is 0.349 e. The monoisotopic (exact) mass is 419 g/mol. The zero-order valence-corrected chi connectivity index (χ0v) is 16.6. The quantitative estimate of drug-likeness (QED) is 0.336. The molecule has 0 radical (unpaired) electrons. The number of halogens is 3. The van der Waals surface area contributed by atoms with Crippen LogP contribution in [0.25, 0.3) is 6.08 Å². The van der Waals surface area contributed by atoms with E-state index >= 15 is 0 Å². The van der Waals surface area contributed by atoms with Crippen molar-refractivity contribution < 1.29 is 4.79 Å². The third kappa shape index (κ3) is 7.02. The molecule has 1 fully saturated rings. The van der Waals surface area contributed by atoms with Crippen LogP contribution in [-0.2, 0) is 4.79 Å². The van der Waals surface area contributed by atoms with E-state index in [2.05, 4.69) is 10.6 Å². The molecule has 2 rings (SSSR count). The van der Waals surface area contributed by atoms with Crippen molar-refractivity contribution in [2.24, 2.45) is 0 Å². The van der Waals surface area contributed by atoms with Gasteiger partial charge in [0.05, 0.1) is 0 Å². The minimum absolute atomic E-state index is 0.380. The highest BCUT2D eigenvalue weighted by Crippen LogP contribution is 2.29. The summed E-state index contributed by atoms with van der Waals surface area (Å²) < 4.78 is -1.74. The molecule has 4 nitrogen and oxygen atoms in total. The number of nitrogens with zero attached hydrogens (tertiary/aromatic N) is 1. The molecule has 0 aliphatic carbocycles. The third-order valence-corrected chi connectivity index (χ3v) is 4.78. The zero-order valence-electron chi connectivity index (χ0n) is 13.6. The van der Waals surface area contributed by atoms with E-state index in [1.54, 1.807) is 6.08 Å². The van der Waals surface area contributed by atoms with Crippen LogP contribution in [0.1, 0.15) is 24.8 Å². The number of likely N-dealkylation sites (tertiary alicyclic amines) is 1. The lowest BCUT2D eigenvalue weighted by Crippen LogP contribution is -2.58. The van der Waals surface area contributed by atoms with Gasteiger partial charge in [-0.25, -0.2) is 0 Å². The van der Waals surface area contributed by atoms with Gasteiger partial charge < -0.3 is 15.5 Å². The van der Waals surface area contributed by atoms with Crippen LogP contribution in [-0.4, -0.2) is 39.0 Å². The van der Waals surface area contributed by atoms with Crippen LogP contribution in [0.15, 0.2) is 36.4 Å². The highest BCUT2D eigenvalue weighted by Gasteiger charge is 2.35. The number of benzene rings is 1. The Morgan fingerprint density at radius 1 is 1.12 bits per heavy atom. The predicted octanol–water partition coefficient (Wildman–Crippen LogP) is 3.87. The number of amides is 1. The number of nitrogens with one attached hydrogen (secondary N) is 2. The fraction of sp³-hybridized carbons (Fsp3) is 0.412. The molecule has 25 heavy (non-hydrogen) atoms. The maximum atomic E-state index is 12.2. The van der Waals surface area contributed by atoms with Gasteiger partial charge in [-0.1, -0.05) is 65.1 Å². The van der Waals surface area contributed by atoms with Crippen LogP contribution in [0.2, 0.25) is 0 Å². The molecule has 8 heteroatoms. The molecule has 1 amide bonds. The molecule has 0 saturated carbocycles. The minimum Gasteiger partial charge on any atom is -0.349 e.